The first-order valence-electron chi connectivity index (χ1n) is 6.22. The third kappa shape index (κ3) is 4.95. The molecule has 0 fully saturated rings. The summed E-state index contributed by atoms with van der Waals surface area (Å²) in [6.07, 6.45) is 0.120. The van der Waals surface area contributed by atoms with Crippen molar-refractivity contribution in [3.8, 4) is 0 Å². The molecule has 0 aliphatic rings. The highest BCUT2D eigenvalue weighted by molar-refractivity contribution is 5.69. The third-order valence-electron chi connectivity index (χ3n) is 2.93. The van der Waals surface area contributed by atoms with Gasteiger partial charge in [0.2, 0.25) is 0 Å². The number of methoxy groups -OCH3 is 1. The van der Waals surface area contributed by atoms with Crippen LogP contribution in [0, 0.1) is 0 Å². The van der Waals surface area contributed by atoms with Crippen LogP contribution in [0.3, 0.4) is 0 Å². The van der Waals surface area contributed by atoms with Gasteiger partial charge in [0.1, 0.15) is 0 Å². The van der Waals surface area contributed by atoms with E-state index in [1.165, 1.54) is 19.2 Å². The number of hydrogen-bond acceptors (Lipinski definition) is 3. The van der Waals surface area contributed by atoms with E-state index >= 15 is 0 Å². The molecular formula is C14H19F2NO2. The number of esters is 1. The van der Waals surface area contributed by atoms with Gasteiger partial charge in [-0.25, -0.2) is 0 Å². The summed E-state index contributed by atoms with van der Waals surface area (Å²) in [7, 11) is 1.29. The van der Waals surface area contributed by atoms with Crippen molar-refractivity contribution in [2.24, 2.45) is 0 Å². The Morgan fingerprint density at radius 1 is 1.32 bits per heavy atom. The zero-order chi connectivity index (χ0) is 14.3. The van der Waals surface area contributed by atoms with Gasteiger partial charge in [-0.05, 0) is 6.54 Å². The first kappa shape index (κ1) is 15.6. The van der Waals surface area contributed by atoms with Crippen molar-refractivity contribution in [3.63, 3.8) is 0 Å². The lowest BCUT2D eigenvalue weighted by Gasteiger charge is -2.26. The van der Waals surface area contributed by atoms with Gasteiger partial charge in [-0.1, -0.05) is 37.3 Å². The summed E-state index contributed by atoms with van der Waals surface area (Å²) < 4.78 is 32.6. The molecule has 1 aromatic carbocycles. The molecule has 5 heteroatoms. The van der Waals surface area contributed by atoms with Gasteiger partial charge >= 0.3 is 5.97 Å². The van der Waals surface area contributed by atoms with E-state index in [0.717, 1.165) is 0 Å². The lowest BCUT2D eigenvalue weighted by atomic mass is 10.1. The van der Waals surface area contributed by atoms with Crippen LogP contribution in [0.1, 0.15) is 18.9 Å². The lowest BCUT2D eigenvalue weighted by molar-refractivity contribution is -0.141. The Bertz CT molecular complexity index is 396. The van der Waals surface area contributed by atoms with E-state index in [9.17, 15) is 13.6 Å². The van der Waals surface area contributed by atoms with Gasteiger partial charge in [0.05, 0.1) is 20.1 Å². The van der Waals surface area contributed by atoms with Gasteiger partial charge in [0.15, 0.2) is 0 Å². The maximum Gasteiger partial charge on any atom is 0.306 e. The molecule has 0 aromatic heterocycles. The average molecular weight is 271 g/mol. The molecule has 19 heavy (non-hydrogen) atoms. The number of alkyl halides is 2. The van der Waals surface area contributed by atoms with Crippen molar-refractivity contribution in [1.29, 1.82) is 0 Å². The number of likely N-dealkylation sites (N-methyl/N-ethyl adjacent to an activating group) is 1. The van der Waals surface area contributed by atoms with Crippen molar-refractivity contribution in [2.45, 2.75) is 19.3 Å². The normalized spacial score (nSPS) is 11.6. The Balaban J connectivity index is 2.61. The zero-order valence-corrected chi connectivity index (χ0v) is 11.2. The fourth-order valence-corrected chi connectivity index (χ4v) is 1.75. The highest BCUT2D eigenvalue weighted by Gasteiger charge is 2.33. The first-order valence-corrected chi connectivity index (χ1v) is 6.22. The number of ether oxygens (including phenoxy) is 1. The Kier molecular flexibility index (Phi) is 5.89. The number of halogens is 2. The molecule has 0 heterocycles. The minimum Gasteiger partial charge on any atom is -0.469 e. The molecule has 0 aliphatic heterocycles. The molecule has 0 aliphatic carbocycles. The monoisotopic (exact) mass is 271 g/mol. The molecule has 1 aromatic rings. The third-order valence-corrected chi connectivity index (χ3v) is 2.93. The molecule has 106 valence electrons. The summed E-state index contributed by atoms with van der Waals surface area (Å²) in [5.74, 6) is -3.31. The van der Waals surface area contributed by atoms with Crippen LogP contribution < -0.4 is 0 Å². The van der Waals surface area contributed by atoms with Crippen molar-refractivity contribution in [1.82, 2.24) is 4.90 Å². The highest BCUT2D eigenvalue weighted by atomic mass is 19.3. The standard InChI is InChI=1S/C14H19F2NO2/c1-3-17(10-9-13(18)19-2)11-14(15,16)12-7-5-4-6-8-12/h4-8H,3,9-11H2,1-2H3. The van der Waals surface area contributed by atoms with Crippen molar-refractivity contribution < 1.29 is 18.3 Å². The number of nitrogens with zero attached hydrogens (tertiary/aromatic N) is 1. The van der Waals surface area contributed by atoms with E-state index < -0.39 is 12.5 Å². The SMILES string of the molecule is CCN(CCC(=O)OC)CC(F)(F)c1ccccc1. The Hall–Kier alpha value is -1.49. The maximum atomic E-state index is 14.0. The van der Waals surface area contributed by atoms with Gasteiger partial charge in [-0.3, -0.25) is 9.69 Å². The van der Waals surface area contributed by atoms with Crippen molar-refractivity contribution in [2.75, 3.05) is 26.7 Å². The predicted molar refractivity (Wildman–Crippen MR) is 69.1 cm³/mol. The average Bonchev–Trinajstić information content (AvgIpc) is 2.43. The second kappa shape index (κ2) is 7.19. The quantitative estimate of drug-likeness (QED) is 0.714. The highest BCUT2D eigenvalue weighted by Crippen LogP contribution is 2.28. The molecule has 0 bridgehead atoms. The number of carbonyl (C=O) groups is 1. The number of hydrogen-bond donors (Lipinski definition) is 0. The van der Waals surface area contributed by atoms with Crippen LogP contribution in [0.25, 0.3) is 0 Å². The molecule has 0 radical (unpaired) electrons. The molecular weight excluding hydrogens is 252 g/mol. The van der Waals surface area contributed by atoms with Crippen LogP contribution in [0.4, 0.5) is 8.78 Å². The largest absolute Gasteiger partial charge is 0.469 e. The van der Waals surface area contributed by atoms with Gasteiger partial charge in [-0.15, -0.1) is 0 Å². The predicted octanol–water partition coefficient (Wildman–Crippen LogP) is 2.66. The summed E-state index contributed by atoms with van der Waals surface area (Å²) >= 11 is 0. The maximum absolute atomic E-state index is 14.0. The van der Waals surface area contributed by atoms with Gasteiger partial charge < -0.3 is 4.74 Å². The minimum absolute atomic E-state index is 0.00785. The van der Waals surface area contributed by atoms with E-state index in [-0.39, 0.29) is 24.5 Å². The molecule has 0 atom stereocenters. The Labute approximate surface area is 112 Å². The number of rotatable bonds is 7. The van der Waals surface area contributed by atoms with Crippen molar-refractivity contribution in [3.05, 3.63) is 35.9 Å². The topological polar surface area (TPSA) is 29.5 Å². The van der Waals surface area contributed by atoms with Crippen LogP contribution in [0.5, 0.6) is 0 Å². The molecule has 0 saturated heterocycles. The minimum atomic E-state index is -2.92. The molecule has 0 saturated carbocycles. The molecule has 1 rings (SSSR count). The lowest BCUT2D eigenvalue weighted by Crippen LogP contribution is -2.36. The number of benzene rings is 1. The summed E-state index contributed by atoms with van der Waals surface area (Å²) in [5.41, 5.74) is -0.00785. The molecule has 3 nitrogen and oxygen atoms in total. The molecule has 0 spiro atoms. The van der Waals surface area contributed by atoms with E-state index in [1.54, 1.807) is 30.0 Å². The van der Waals surface area contributed by atoms with Crippen LogP contribution in [0.15, 0.2) is 30.3 Å². The van der Waals surface area contributed by atoms with Crippen LogP contribution in [-0.2, 0) is 15.5 Å². The van der Waals surface area contributed by atoms with Crippen LogP contribution in [-0.4, -0.2) is 37.6 Å². The van der Waals surface area contributed by atoms with Gasteiger partial charge in [-0.2, -0.15) is 8.78 Å². The zero-order valence-electron chi connectivity index (χ0n) is 11.2. The van der Waals surface area contributed by atoms with E-state index in [1.807, 2.05) is 0 Å². The van der Waals surface area contributed by atoms with Gasteiger partial charge in [0.25, 0.3) is 5.92 Å². The van der Waals surface area contributed by atoms with E-state index in [2.05, 4.69) is 4.74 Å². The number of carbonyl (C=O) groups excluding carboxylic acids is 1. The second-order valence-electron chi connectivity index (χ2n) is 4.27. The molecule has 0 unspecified atom stereocenters. The fourth-order valence-electron chi connectivity index (χ4n) is 1.75. The van der Waals surface area contributed by atoms with Crippen LogP contribution in [0.2, 0.25) is 0 Å². The van der Waals surface area contributed by atoms with Gasteiger partial charge in [0, 0.05) is 12.1 Å². The summed E-state index contributed by atoms with van der Waals surface area (Å²) in [5, 5.41) is 0. The summed E-state index contributed by atoms with van der Waals surface area (Å²) in [6.45, 7) is 2.12. The fraction of sp³-hybridized carbons (Fsp3) is 0.500. The first-order chi connectivity index (χ1) is 8.99. The van der Waals surface area contributed by atoms with E-state index in [0.29, 0.717) is 6.54 Å². The molecule has 0 amide bonds. The van der Waals surface area contributed by atoms with Crippen molar-refractivity contribution >= 4 is 5.97 Å². The summed E-state index contributed by atoms with van der Waals surface area (Å²) in [6, 6.07) is 7.71. The van der Waals surface area contributed by atoms with E-state index in [4.69, 9.17) is 0 Å². The Morgan fingerprint density at radius 2 is 1.95 bits per heavy atom. The smallest absolute Gasteiger partial charge is 0.306 e. The Morgan fingerprint density at radius 3 is 2.47 bits per heavy atom. The second-order valence-corrected chi connectivity index (χ2v) is 4.27. The molecule has 0 N–H and O–H groups in total. The van der Waals surface area contributed by atoms with Crippen LogP contribution >= 0.6 is 0 Å². The summed E-state index contributed by atoms with van der Waals surface area (Å²) in [4.78, 5) is 12.6.